The first-order valence-electron chi connectivity index (χ1n) is 13.4. The van der Waals surface area contributed by atoms with Crippen molar-refractivity contribution in [1.82, 2.24) is 10.2 Å². The van der Waals surface area contributed by atoms with Crippen LogP contribution in [0.15, 0.2) is 84.9 Å². The number of ether oxygens (including phenoxy) is 1. The van der Waals surface area contributed by atoms with E-state index in [0.717, 1.165) is 12.0 Å². The van der Waals surface area contributed by atoms with Gasteiger partial charge in [0, 0.05) is 31.6 Å². The lowest BCUT2D eigenvalue weighted by Gasteiger charge is -2.24. The fourth-order valence-corrected chi connectivity index (χ4v) is 4.17. The molecule has 41 heavy (non-hydrogen) atoms. The zero-order chi connectivity index (χ0) is 29.5. The predicted octanol–water partition coefficient (Wildman–Crippen LogP) is 4.46. The molecule has 0 saturated heterocycles. The monoisotopic (exact) mass is 560 g/mol. The number of methoxy groups -OCH3 is 1. The highest BCUT2D eigenvalue weighted by Gasteiger charge is 2.22. The number of benzene rings is 3. The Kier molecular flexibility index (Phi) is 12.3. The van der Waals surface area contributed by atoms with Crippen molar-refractivity contribution in [1.29, 1.82) is 0 Å². The number of carboxylic acid groups (broad SMARTS) is 1. The number of unbranched alkanes of at least 4 members (excludes halogenated alkanes) is 1. The third-order valence-corrected chi connectivity index (χ3v) is 6.23. The van der Waals surface area contributed by atoms with Crippen LogP contribution in [0.5, 0.6) is 0 Å². The Labute approximate surface area is 239 Å². The molecular weight excluding hydrogens is 524 g/mol. The summed E-state index contributed by atoms with van der Waals surface area (Å²) in [6.45, 7) is 0.688. The molecule has 0 aliphatic rings. The third kappa shape index (κ3) is 11.1. The number of amides is 4. The van der Waals surface area contributed by atoms with E-state index in [1.165, 1.54) is 4.90 Å². The molecule has 0 fully saturated rings. The van der Waals surface area contributed by atoms with Crippen LogP contribution in [0.4, 0.5) is 16.2 Å². The molecule has 0 radical (unpaired) electrons. The zero-order valence-corrected chi connectivity index (χ0v) is 23.0. The normalized spacial score (nSPS) is 11.2. The number of hydrogen-bond donors (Lipinski definition) is 4. The summed E-state index contributed by atoms with van der Waals surface area (Å²) in [5, 5.41) is 17.6. The Morgan fingerprint density at radius 1 is 0.829 bits per heavy atom. The fraction of sp³-hybridized carbons (Fsp3) is 0.290. The maximum atomic E-state index is 13.3. The topological polar surface area (TPSA) is 137 Å². The van der Waals surface area contributed by atoms with Crippen molar-refractivity contribution in [3.05, 3.63) is 96.1 Å². The van der Waals surface area contributed by atoms with Gasteiger partial charge in [0.05, 0.1) is 25.4 Å². The van der Waals surface area contributed by atoms with Gasteiger partial charge in [-0.2, -0.15) is 0 Å². The maximum absolute atomic E-state index is 13.3. The molecular formula is C31H36N4O6. The van der Waals surface area contributed by atoms with Gasteiger partial charge in [0.15, 0.2) is 0 Å². The van der Waals surface area contributed by atoms with E-state index in [2.05, 4.69) is 16.0 Å². The number of nitrogens with one attached hydrogen (secondary N) is 3. The fourth-order valence-electron chi connectivity index (χ4n) is 4.17. The second-order valence-corrected chi connectivity index (χ2v) is 9.46. The van der Waals surface area contributed by atoms with Crippen LogP contribution in [-0.2, 0) is 25.5 Å². The second-order valence-electron chi connectivity index (χ2n) is 9.46. The van der Waals surface area contributed by atoms with Crippen LogP contribution < -0.4 is 16.0 Å². The van der Waals surface area contributed by atoms with E-state index in [-0.39, 0.29) is 31.3 Å². The van der Waals surface area contributed by atoms with Gasteiger partial charge in [-0.15, -0.1) is 0 Å². The molecule has 10 heteroatoms. The van der Waals surface area contributed by atoms with Gasteiger partial charge in [-0.25, -0.2) is 4.79 Å². The van der Waals surface area contributed by atoms with Crippen molar-refractivity contribution in [3.8, 4) is 0 Å². The first kappa shape index (κ1) is 30.8. The van der Waals surface area contributed by atoms with E-state index in [1.54, 1.807) is 67.8 Å². The molecule has 3 aromatic carbocycles. The zero-order valence-electron chi connectivity index (χ0n) is 23.0. The predicted molar refractivity (Wildman–Crippen MR) is 156 cm³/mol. The van der Waals surface area contributed by atoms with E-state index in [1.807, 2.05) is 24.3 Å². The lowest BCUT2D eigenvalue weighted by Crippen LogP contribution is -2.43. The minimum absolute atomic E-state index is 0.0608. The number of para-hydroxylation sites is 1. The summed E-state index contributed by atoms with van der Waals surface area (Å²) >= 11 is 0. The van der Waals surface area contributed by atoms with Gasteiger partial charge in [-0.05, 0) is 48.2 Å². The van der Waals surface area contributed by atoms with Crippen molar-refractivity contribution in [3.63, 3.8) is 0 Å². The molecule has 0 heterocycles. The maximum Gasteiger partial charge on any atom is 0.323 e. The number of rotatable bonds is 15. The van der Waals surface area contributed by atoms with Gasteiger partial charge in [-0.3, -0.25) is 14.4 Å². The number of nitrogens with zero attached hydrogens (tertiary/aromatic N) is 1. The molecule has 0 unspecified atom stereocenters. The number of urea groups is 1. The minimum Gasteiger partial charge on any atom is -0.481 e. The molecule has 3 rings (SSSR count). The standard InChI is InChI=1S/C31H36N4O6/c1-41-19-9-8-18-35(22-28(36)34-27(21-30(38)39)24-10-4-2-5-11-24)29(37)20-23-14-16-26(17-15-23)33-31(40)32-25-12-6-3-7-13-25/h2-7,10-17,27H,8-9,18-22H2,1H3,(H,34,36)(H,38,39)(H2,32,33,40)/t27-/m0/s1. The molecule has 3 aromatic rings. The average Bonchev–Trinajstić information content (AvgIpc) is 2.96. The highest BCUT2D eigenvalue weighted by atomic mass is 16.5. The number of aliphatic carboxylic acids is 1. The summed E-state index contributed by atoms with van der Waals surface area (Å²) in [5.41, 5.74) is 2.63. The summed E-state index contributed by atoms with van der Waals surface area (Å²) in [4.78, 5) is 51.4. The molecule has 0 spiro atoms. The number of carbonyl (C=O) groups excluding carboxylic acids is 3. The van der Waals surface area contributed by atoms with E-state index in [0.29, 0.717) is 36.5 Å². The molecule has 4 N–H and O–H groups in total. The van der Waals surface area contributed by atoms with Crippen LogP contribution in [-0.4, -0.2) is 60.6 Å². The molecule has 4 amide bonds. The van der Waals surface area contributed by atoms with Crippen molar-refractivity contribution >= 4 is 35.2 Å². The van der Waals surface area contributed by atoms with Crippen LogP contribution in [0, 0.1) is 0 Å². The van der Waals surface area contributed by atoms with E-state index >= 15 is 0 Å². The Balaban J connectivity index is 1.61. The molecule has 0 saturated carbocycles. The molecule has 0 aliphatic carbocycles. The Bertz CT molecular complexity index is 1270. The molecule has 216 valence electrons. The molecule has 1 atom stereocenters. The lowest BCUT2D eigenvalue weighted by molar-refractivity contribution is -0.139. The molecule has 0 aliphatic heterocycles. The molecule has 0 bridgehead atoms. The Hall–Kier alpha value is -4.70. The van der Waals surface area contributed by atoms with Crippen molar-refractivity contribution in [2.24, 2.45) is 0 Å². The summed E-state index contributed by atoms with van der Waals surface area (Å²) < 4.78 is 5.10. The van der Waals surface area contributed by atoms with Gasteiger partial charge in [-0.1, -0.05) is 60.7 Å². The van der Waals surface area contributed by atoms with Crippen LogP contribution in [0.1, 0.15) is 36.4 Å². The van der Waals surface area contributed by atoms with E-state index in [4.69, 9.17) is 4.74 Å². The molecule has 0 aromatic heterocycles. The van der Waals surface area contributed by atoms with Crippen molar-refractivity contribution in [2.75, 3.05) is 37.4 Å². The summed E-state index contributed by atoms with van der Waals surface area (Å²) in [6.07, 6.45) is 1.15. The van der Waals surface area contributed by atoms with Gasteiger partial charge < -0.3 is 30.7 Å². The summed E-state index contributed by atoms with van der Waals surface area (Å²) in [7, 11) is 1.60. The first-order valence-corrected chi connectivity index (χ1v) is 13.4. The highest BCUT2D eigenvalue weighted by Crippen LogP contribution is 2.17. The minimum atomic E-state index is -1.04. The van der Waals surface area contributed by atoms with E-state index in [9.17, 15) is 24.3 Å². The smallest absolute Gasteiger partial charge is 0.323 e. The van der Waals surface area contributed by atoms with E-state index < -0.39 is 17.9 Å². The molecule has 10 nitrogen and oxygen atoms in total. The SMILES string of the molecule is COCCCCN(CC(=O)N[C@@H](CC(=O)O)c1ccccc1)C(=O)Cc1ccc(NC(=O)Nc2ccccc2)cc1. The number of hydrogen-bond acceptors (Lipinski definition) is 5. The highest BCUT2D eigenvalue weighted by molar-refractivity contribution is 5.99. The Morgan fingerprint density at radius 2 is 1.44 bits per heavy atom. The first-order chi connectivity index (χ1) is 19.8. The summed E-state index contributed by atoms with van der Waals surface area (Å²) in [6, 6.07) is 23.8. The van der Waals surface area contributed by atoms with Crippen molar-refractivity contribution < 1.29 is 29.0 Å². The van der Waals surface area contributed by atoms with Crippen molar-refractivity contribution in [2.45, 2.75) is 31.7 Å². The number of carboxylic acids is 1. The summed E-state index contributed by atoms with van der Waals surface area (Å²) in [5.74, 6) is -1.72. The van der Waals surface area contributed by atoms with Gasteiger partial charge in [0.1, 0.15) is 0 Å². The average molecular weight is 561 g/mol. The quantitative estimate of drug-likeness (QED) is 0.203. The van der Waals surface area contributed by atoms with Gasteiger partial charge in [0.25, 0.3) is 0 Å². The second kappa shape index (κ2) is 16.4. The number of carbonyl (C=O) groups is 4. The van der Waals surface area contributed by atoms with Crippen LogP contribution in [0.2, 0.25) is 0 Å². The van der Waals surface area contributed by atoms with Crippen LogP contribution in [0.25, 0.3) is 0 Å². The number of anilines is 2. The largest absolute Gasteiger partial charge is 0.481 e. The third-order valence-electron chi connectivity index (χ3n) is 6.23. The lowest BCUT2D eigenvalue weighted by atomic mass is 10.0. The van der Waals surface area contributed by atoms with Gasteiger partial charge in [0.2, 0.25) is 11.8 Å². The Morgan fingerprint density at radius 3 is 2.05 bits per heavy atom. The van der Waals surface area contributed by atoms with Gasteiger partial charge >= 0.3 is 12.0 Å². The van der Waals surface area contributed by atoms with Crippen LogP contribution in [0.3, 0.4) is 0 Å². The van der Waals surface area contributed by atoms with Crippen LogP contribution >= 0.6 is 0 Å².